The Labute approximate surface area is 157 Å². The smallest absolute Gasteiger partial charge is 0.305 e. The molecule has 6 nitrogen and oxygen atoms in total. The molecule has 1 heterocycles. The van der Waals surface area contributed by atoms with Crippen molar-refractivity contribution < 1.29 is 19.1 Å². The van der Waals surface area contributed by atoms with E-state index in [0.717, 1.165) is 30.5 Å². The third kappa shape index (κ3) is 3.72. The highest BCUT2D eigenvalue weighted by molar-refractivity contribution is 5.95. The maximum atomic E-state index is 13.2. The normalized spacial score (nSPS) is 15.4. The van der Waals surface area contributed by atoms with Crippen molar-refractivity contribution in [2.75, 3.05) is 0 Å². The minimum atomic E-state index is -0.964. The summed E-state index contributed by atoms with van der Waals surface area (Å²) in [6.45, 7) is 5.50. The van der Waals surface area contributed by atoms with Gasteiger partial charge < -0.3 is 10.4 Å². The van der Waals surface area contributed by atoms with Crippen LogP contribution in [0.3, 0.4) is 0 Å². The number of carboxylic acid groups (broad SMARTS) is 1. The lowest BCUT2D eigenvalue weighted by Gasteiger charge is -2.33. The highest BCUT2D eigenvalue weighted by Gasteiger charge is 2.35. The number of halogens is 1. The van der Waals surface area contributed by atoms with Gasteiger partial charge in [0, 0.05) is 11.3 Å². The first-order chi connectivity index (χ1) is 12.7. The second-order valence-electron chi connectivity index (χ2n) is 7.61. The molecule has 27 heavy (non-hydrogen) atoms. The summed E-state index contributed by atoms with van der Waals surface area (Å²) in [6.07, 6.45) is 2.29. The zero-order valence-corrected chi connectivity index (χ0v) is 15.8. The van der Waals surface area contributed by atoms with E-state index in [-0.39, 0.29) is 24.1 Å². The Balaban J connectivity index is 1.95. The second-order valence-corrected chi connectivity index (χ2v) is 7.61. The molecule has 1 aliphatic rings. The van der Waals surface area contributed by atoms with Crippen molar-refractivity contribution in [2.24, 2.45) is 5.92 Å². The van der Waals surface area contributed by atoms with E-state index >= 15 is 0 Å². The molecule has 0 aliphatic heterocycles. The highest BCUT2D eigenvalue weighted by atomic mass is 19.1. The molecule has 0 spiro atoms. The molecule has 0 saturated heterocycles. The largest absolute Gasteiger partial charge is 0.481 e. The lowest BCUT2D eigenvalue weighted by atomic mass is 9.85. The molecule has 1 atom stereocenters. The molecule has 2 aromatic rings. The van der Waals surface area contributed by atoms with Crippen molar-refractivity contribution in [1.29, 1.82) is 0 Å². The van der Waals surface area contributed by atoms with Crippen LogP contribution in [-0.2, 0) is 17.6 Å². The molecule has 0 radical (unpaired) electrons. The summed E-state index contributed by atoms with van der Waals surface area (Å²) < 4.78 is 14.9. The van der Waals surface area contributed by atoms with Gasteiger partial charge in [-0.25, -0.2) is 9.07 Å². The molecular formula is C20H24FN3O3. The van der Waals surface area contributed by atoms with Crippen molar-refractivity contribution in [3.8, 4) is 5.69 Å². The summed E-state index contributed by atoms with van der Waals surface area (Å²) in [5, 5.41) is 16.6. The number of hydrogen-bond acceptors (Lipinski definition) is 3. The van der Waals surface area contributed by atoms with Crippen molar-refractivity contribution in [3.63, 3.8) is 0 Å². The van der Waals surface area contributed by atoms with Crippen molar-refractivity contribution in [1.82, 2.24) is 15.1 Å². The predicted molar refractivity (Wildman–Crippen MR) is 98.5 cm³/mol. The Morgan fingerprint density at radius 2 is 1.96 bits per heavy atom. The SMILES string of the molecule is CC(C)C(C)(CC(=O)O)NC(=O)c1nn(-c2ccc(F)cc2)c2c1CCC2. The molecule has 0 bridgehead atoms. The summed E-state index contributed by atoms with van der Waals surface area (Å²) in [4.78, 5) is 24.2. The van der Waals surface area contributed by atoms with Crippen LogP contribution in [0.1, 0.15) is 55.4 Å². The van der Waals surface area contributed by atoms with Gasteiger partial charge in [0.1, 0.15) is 5.82 Å². The van der Waals surface area contributed by atoms with Crippen molar-refractivity contribution in [3.05, 3.63) is 47.0 Å². The van der Waals surface area contributed by atoms with E-state index < -0.39 is 11.5 Å². The van der Waals surface area contributed by atoms with Crippen LogP contribution in [0.25, 0.3) is 5.69 Å². The van der Waals surface area contributed by atoms with Crippen LogP contribution in [-0.4, -0.2) is 32.3 Å². The molecule has 1 aromatic heterocycles. The minimum absolute atomic E-state index is 0.0650. The van der Waals surface area contributed by atoms with Crippen LogP contribution in [0.5, 0.6) is 0 Å². The van der Waals surface area contributed by atoms with Gasteiger partial charge in [0.05, 0.1) is 17.6 Å². The zero-order chi connectivity index (χ0) is 19.8. The van der Waals surface area contributed by atoms with E-state index in [1.165, 1.54) is 12.1 Å². The molecule has 1 aliphatic carbocycles. The first-order valence-electron chi connectivity index (χ1n) is 9.12. The van der Waals surface area contributed by atoms with Gasteiger partial charge in [0.15, 0.2) is 5.69 Å². The fourth-order valence-electron chi connectivity index (χ4n) is 3.44. The monoisotopic (exact) mass is 373 g/mol. The van der Waals surface area contributed by atoms with E-state index in [1.807, 2.05) is 13.8 Å². The predicted octanol–water partition coefficient (Wildman–Crippen LogP) is 3.12. The van der Waals surface area contributed by atoms with Crippen molar-refractivity contribution >= 4 is 11.9 Å². The van der Waals surface area contributed by atoms with Gasteiger partial charge in [-0.2, -0.15) is 5.10 Å². The number of benzene rings is 1. The maximum Gasteiger partial charge on any atom is 0.305 e. The molecule has 7 heteroatoms. The van der Waals surface area contributed by atoms with E-state index in [2.05, 4.69) is 10.4 Å². The molecular weight excluding hydrogens is 349 g/mol. The molecule has 144 valence electrons. The van der Waals surface area contributed by atoms with Crippen LogP contribution >= 0.6 is 0 Å². The van der Waals surface area contributed by atoms with Crippen LogP contribution in [0.15, 0.2) is 24.3 Å². The number of fused-ring (bicyclic) bond motifs is 1. The third-order valence-electron chi connectivity index (χ3n) is 5.41. The number of rotatable bonds is 6. The number of nitrogens with zero attached hydrogens (tertiary/aromatic N) is 2. The lowest BCUT2D eigenvalue weighted by molar-refractivity contribution is -0.138. The van der Waals surface area contributed by atoms with Crippen LogP contribution in [0.4, 0.5) is 4.39 Å². The van der Waals surface area contributed by atoms with Crippen LogP contribution in [0.2, 0.25) is 0 Å². The Bertz CT molecular complexity index is 873. The average Bonchev–Trinajstić information content (AvgIpc) is 3.17. The summed E-state index contributed by atoms with van der Waals surface area (Å²) >= 11 is 0. The van der Waals surface area contributed by atoms with Gasteiger partial charge in [-0.05, 0) is 56.4 Å². The quantitative estimate of drug-likeness (QED) is 0.815. The number of nitrogens with one attached hydrogen (secondary N) is 1. The Morgan fingerprint density at radius 1 is 1.30 bits per heavy atom. The van der Waals surface area contributed by atoms with E-state index in [4.69, 9.17) is 0 Å². The number of carbonyl (C=O) groups is 2. The third-order valence-corrected chi connectivity index (χ3v) is 5.41. The number of amides is 1. The number of carbonyl (C=O) groups excluding carboxylic acids is 1. The van der Waals surface area contributed by atoms with Crippen LogP contribution in [0, 0.1) is 11.7 Å². The van der Waals surface area contributed by atoms with Crippen LogP contribution < -0.4 is 5.32 Å². The molecule has 1 amide bonds. The Hall–Kier alpha value is -2.70. The maximum absolute atomic E-state index is 13.2. The molecule has 0 fully saturated rings. The second kappa shape index (κ2) is 7.13. The number of hydrogen-bond donors (Lipinski definition) is 2. The first-order valence-corrected chi connectivity index (χ1v) is 9.12. The number of carboxylic acids is 1. The van der Waals surface area contributed by atoms with Gasteiger partial charge >= 0.3 is 5.97 Å². The number of aliphatic carboxylic acids is 1. The van der Waals surface area contributed by atoms with E-state index in [9.17, 15) is 19.1 Å². The van der Waals surface area contributed by atoms with Gasteiger partial charge in [0.2, 0.25) is 0 Å². The zero-order valence-electron chi connectivity index (χ0n) is 15.8. The summed E-state index contributed by atoms with van der Waals surface area (Å²) in [6, 6.07) is 5.98. The van der Waals surface area contributed by atoms with Gasteiger partial charge in [0.25, 0.3) is 5.91 Å². The van der Waals surface area contributed by atoms with Crippen molar-refractivity contribution in [2.45, 2.75) is 52.0 Å². The first kappa shape index (κ1) is 19.1. The van der Waals surface area contributed by atoms with Gasteiger partial charge in [-0.15, -0.1) is 0 Å². The minimum Gasteiger partial charge on any atom is -0.481 e. The topological polar surface area (TPSA) is 84.2 Å². The summed E-state index contributed by atoms with van der Waals surface area (Å²) in [5.41, 5.74) is 1.98. The Morgan fingerprint density at radius 3 is 2.56 bits per heavy atom. The molecule has 1 aromatic carbocycles. The lowest BCUT2D eigenvalue weighted by Crippen LogP contribution is -2.51. The average molecular weight is 373 g/mol. The summed E-state index contributed by atoms with van der Waals surface area (Å²) in [5.74, 6) is -1.73. The van der Waals surface area contributed by atoms with E-state index in [1.54, 1.807) is 23.7 Å². The fourth-order valence-corrected chi connectivity index (χ4v) is 3.44. The van der Waals surface area contributed by atoms with E-state index in [0.29, 0.717) is 11.4 Å². The van der Waals surface area contributed by atoms with Gasteiger partial charge in [-0.3, -0.25) is 9.59 Å². The number of aromatic nitrogens is 2. The Kier molecular flexibility index (Phi) is 5.04. The molecule has 0 saturated carbocycles. The molecule has 1 unspecified atom stereocenters. The summed E-state index contributed by atoms with van der Waals surface area (Å²) in [7, 11) is 0. The molecule has 2 N–H and O–H groups in total. The highest BCUT2D eigenvalue weighted by Crippen LogP contribution is 2.29. The van der Waals surface area contributed by atoms with Gasteiger partial charge in [-0.1, -0.05) is 13.8 Å². The molecule has 3 rings (SSSR count). The fraction of sp³-hybridized carbons (Fsp3) is 0.450. The standard InChI is InChI=1S/C20H24FN3O3/c1-12(2)20(3,11-17(25)26)22-19(27)18-15-5-4-6-16(15)24(23-18)14-9-7-13(21)8-10-14/h7-10,12H,4-6,11H2,1-3H3,(H,22,27)(H,25,26).